The highest BCUT2D eigenvalue weighted by molar-refractivity contribution is 5.98. The summed E-state index contributed by atoms with van der Waals surface area (Å²) in [6.07, 6.45) is 5.93. The van der Waals surface area contributed by atoms with Gasteiger partial charge in [-0.3, -0.25) is 14.7 Å². The molecule has 0 aliphatic carbocycles. The number of likely N-dealkylation sites (tertiary alicyclic amines) is 1. The van der Waals surface area contributed by atoms with Crippen molar-refractivity contribution in [2.24, 2.45) is 0 Å². The highest BCUT2D eigenvalue weighted by atomic mass is 16.5. The van der Waals surface area contributed by atoms with Crippen molar-refractivity contribution in [3.8, 4) is 0 Å². The topological polar surface area (TPSA) is 71.5 Å². The van der Waals surface area contributed by atoms with Gasteiger partial charge in [0.25, 0.3) is 0 Å². The molecule has 6 heteroatoms. The van der Waals surface area contributed by atoms with Crippen LogP contribution in [0.2, 0.25) is 0 Å². The Hall–Kier alpha value is -4.03. The van der Waals surface area contributed by atoms with Gasteiger partial charge >= 0.3 is 5.97 Å². The molecule has 194 valence electrons. The van der Waals surface area contributed by atoms with E-state index in [-0.39, 0.29) is 11.8 Å². The lowest BCUT2D eigenvalue weighted by Crippen LogP contribution is -2.26. The first-order chi connectivity index (χ1) is 18.6. The Morgan fingerprint density at radius 3 is 2.63 bits per heavy atom. The molecule has 1 aromatic heterocycles. The molecule has 0 spiro atoms. The van der Waals surface area contributed by atoms with Crippen LogP contribution in [0.3, 0.4) is 0 Å². The van der Waals surface area contributed by atoms with Crippen LogP contribution in [0.15, 0.2) is 85.2 Å². The van der Waals surface area contributed by atoms with E-state index < -0.39 is 0 Å². The maximum atomic E-state index is 12.9. The Balaban J connectivity index is 1.16. The number of ketones is 1. The third kappa shape index (κ3) is 6.26. The highest BCUT2D eigenvalue weighted by Crippen LogP contribution is 2.25. The van der Waals surface area contributed by atoms with Crippen LogP contribution >= 0.6 is 0 Å². The summed E-state index contributed by atoms with van der Waals surface area (Å²) in [6.45, 7) is 5.20. The summed E-state index contributed by atoms with van der Waals surface area (Å²) in [6, 6.07) is 23.8. The van der Waals surface area contributed by atoms with Crippen LogP contribution in [0.5, 0.6) is 0 Å². The van der Waals surface area contributed by atoms with Gasteiger partial charge in [-0.25, -0.2) is 4.79 Å². The maximum Gasteiger partial charge on any atom is 0.338 e. The van der Waals surface area contributed by atoms with Gasteiger partial charge in [0, 0.05) is 66.5 Å². The summed E-state index contributed by atoms with van der Waals surface area (Å²) >= 11 is 0. The second-order valence-electron chi connectivity index (χ2n) is 9.90. The summed E-state index contributed by atoms with van der Waals surface area (Å²) in [5.41, 5.74) is 4.43. The van der Waals surface area contributed by atoms with Gasteiger partial charge in [-0.05, 0) is 48.2 Å². The van der Waals surface area contributed by atoms with Gasteiger partial charge in [0.15, 0.2) is 5.78 Å². The van der Waals surface area contributed by atoms with Crippen molar-refractivity contribution >= 4 is 28.2 Å². The van der Waals surface area contributed by atoms with Gasteiger partial charge < -0.3 is 10.1 Å². The molecular weight excluding hydrogens is 474 g/mol. The fraction of sp³-hybridized carbons (Fsp3) is 0.281. The lowest BCUT2D eigenvalue weighted by Gasteiger charge is -2.18. The second kappa shape index (κ2) is 12.0. The molecule has 2 heterocycles. The standard InChI is InChI=1S/C32H33N3O3/c1-2-17-38-32(37)26-11-9-25(10-12-26)31(36)19-23-5-3-6-24(18-23)21-35-16-14-28(22-35)34-30-8-4-7-27-20-33-15-13-29(27)30/h3-13,15,18,20,28,34H,2,14,16-17,19,21-22H2,1H3. The van der Waals surface area contributed by atoms with E-state index in [1.807, 2.05) is 31.5 Å². The molecular formula is C32H33N3O3. The van der Waals surface area contributed by atoms with E-state index in [9.17, 15) is 9.59 Å². The van der Waals surface area contributed by atoms with Crippen molar-refractivity contribution < 1.29 is 14.3 Å². The number of nitrogens with one attached hydrogen (secondary N) is 1. The first-order valence-electron chi connectivity index (χ1n) is 13.3. The Kier molecular flexibility index (Phi) is 8.09. The molecule has 4 aromatic rings. The third-order valence-electron chi connectivity index (χ3n) is 6.95. The summed E-state index contributed by atoms with van der Waals surface area (Å²) in [7, 11) is 0. The first kappa shape index (κ1) is 25.6. The largest absolute Gasteiger partial charge is 0.462 e. The predicted octanol–water partition coefficient (Wildman–Crippen LogP) is 5.91. The minimum absolute atomic E-state index is 0.0337. The van der Waals surface area contributed by atoms with Gasteiger partial charge in [0.1, 0.15) is 0 Å². The molecule has 5 rings (SSSR count). The number of esters is 1. The zero-order valence-electron chi connectivity index (χ0n) is 21.7. The molecule has 1 fully saturated rings. The zero-order chi connectivity index (χ0) is 26.3. The second-order valence-corrected chi connectivity index (χ2v) is 9.90. The van der Waals surface area contributed by atoms with E-state index in [1.54, 1.807) is 24.3 Å². The van der Waals surface area contributed by atoms with E-state index in [0.717, 1.165) is 49.1 Å². The Labute approximate surface area is 223 Å². The Morgan fingerprint density at radius 2 is 1.79 bits per heavy atom. The molecule has 1 atom stereocenters. The molecule has 38 heavy (non-hydrogen) atoms. The lowest BCUT2D eigenvalue weighted by atomic mass is 10.0. The number of anilines is 1. The molecule has 0 bridgehead atoms. The minimum Gasteiger partial charge on any atom is -0.462 e. The number of hydrogen-bond acceptors (Lipinski definition) is 6. The summed E-state index contributed by atoms with van der Waals surface area (Å²) in [4.78, 5) is 31.6. The van der Waals surface area contributed by atoms with Crippen LogP contribution in [0.4, 0.5) is 5.69 Å². The Morgan fingerprint density at radius 1 is 1.00 bits per heavy atom. The van der Waals surface area contributed by atoms with Gasteiger partial charge in [-0.1, -0.05) is 55.5 Å². The monoisotopic (exact) mass is 507 g/mol. The quantitative estimate of drug-likeness (QED) is 0.212. The van der Waals surface area contributed by atoms with Crippen molar-refractivity contribution in [1.82, 2.24) is 9.88 Å². The van der Waals surface area contributed by atoms with E-state index in [4.69, 9.17) is 4.74 Å². The molecule has 1 aliphatic rings. The Bertz CT molecular complexity index is 1410. The van der Waals surface area contributed by atoms with Crippen molar-refractivity contribution in [3.63, 3.8) is 0 Å². The fourth-order valence-electron chi connectivity index (χ4n) is 5.02. The molecule has 0 radical (unpaired) electrons. The number of fused-ring (bicyclic) bond motifs is 1. The smallest absolute Gasteiger partial charge is 0.338 e. The van der Waals surface area contributed by atoms with Gasteiger partial charge in [-0.2, -0.15) is 0 Å². The van der Waals surface area contributed by atoms with Crippen molar-refractivity contribution in [2.45, 2.75) is 38.8 Å². The number of benzene rings is 3. The van der Waals surface area contributed by atoms with Gasteiger partial charge in [0.05, 0.1) is 12.2 Å². The molecule has 1 aliphatic heterocycles. The molecule has 1 saturated heterocycles. The summed E-state index contributed by atoms with van der Waals surface area (Å²) < 4.78 is 5.16. The number of hydrogen-bond donors (Lipinski definition) is 1. The summed E-state index contributed by atoms with van der Waals surface area (Å²) in [5, 5.41) is 6.07. The van der Waals surface area contributed by atoms with Crippen LogP contribution in [-0.2, 0) is 17.7 Å². The molecule has 0 saturated carbocycles. The first-order valence-corrected chi connectivity index (χ1v) is 13.3. The highest BCUT2D eigenvalue weighted by Gasteiger charge is 2.23. The van der Waals surface area contributed by atoms with Crippen LogP contribution < -0.4 is 5.32 Å². The van der Waals surface area contributed by atoms with Gasteiger partial charge in [-0.15, -0.1) is 0 Å². The van der Waals surface area contributed by atoms with Gasteiger partial charge in [0.2, 0.25) is 0 Å². The number of carbonyl (C=O) groups excluding carboxylic acids is 2. The average Bonchev–Trinajstić information content (AvgIpc) is 3.38. The summed E-state index contributed by atoms with van der Waals surface area (Å²) in [5.74, 6) is -0.321. The lowest BCUT2D eigenvalue weighted by molar-refractivity contribution is 0.0505. The number of carbonyl (C=O) groups is 2. The van der Waals surface area contributed by atoms with Crippen LogP contribution in [0, 0.1) is 0 Å². The molecule has 3 aromatic carbocycles. The van der Waals surface area contributed by atoms with E-state index in [2.05, 4.69) is 51.6 Å². The van der Waals surface area contributed by atoms with Crippen molar-refractivity contribution in [1.29, 1.82) is 0 Å². The molecule has 6 nitrogen and oxygen atoms in total. The normalized spacial score (nSPS) is 15.4. The van der Waals surface area contributed by atoms with E-state index in [0.29, 0.717) is 30.2 Å². The van der Waals surface area contributed by atoms with Crippen LogP contribution in [0.25, 0.3) is 10.8 Å². The number of Topliss-reactive ketones (excluding diaryl/α,β-unsaturated/α-hetero) is 1. The number of aromatic nitrogens is 1. The predicted molar refractivity (Wildman–Crippen MR) is 151 cm³/mol. The van der Waals surface area contributed by atoms with Crippen LogP contribution in [0.1, 0.15) is 51.6 Å². The SMILES string of the molecule is CCCOC(=O)c1ccc(C(=O)Cc2cccc(CN3CCC(Nc4cccc5cnccc45)C3)c2)cc1. The number of pyridine rings is 1. The fourth-order valence-corrected chi connectivity index (χ4v) is 5.02. The zero-order valence-corrected chi connectivity index (χ0v) is 21.7. The third-order valence-corrected chi connectivity index (χ3v) is 6.95. The van der Waals surface area contributed by atoms with E-state index >= 15 is 0 Å². The average molecular weight is 508 g/mol. The van der Waals surface area contributed by atoms with Crippen molar-refractivity contribution in [2.75, 3.05) is 25.0 Å². The van der Waals surface area contributed by atoms with E-state index in [1.165, 1.54) is 10.9 Å². The number of ether oxygens (including phenoxy) is 1. The number of nitrogens with zero attached hydrogens (tertiary/aromatic N) is 2. The maximum absolute atomic E-state index is 12.9. The molecule has 0 amide bonds. The molecule has 1 N–H and O–H groups in total. The minimum atomic E-state index is -0.354. The van der Waals surface area contributed by atoms with Crippen molar-refractivity contribution in [3.05, 3.63) is 107 Å². The molecule has 1 unspecified atom stereocenters. The number of rotatable bonds is 10. The van der Waals surface area contributed by atoms with Crippen LogP contribution in [-0.4, -0.2) is 47.4 Å².